The Morgan fingerprint density at radius 3 is 2.15 bits per heavy atom. The number of fused-ring (bicyclic) bond motifs is 4. The van der Waals surface area contributed by atoms with Gasteiger partial charge in [-0.1, -0.05) is 30.3 Å². The van der Waals surface area contributed by atoms with Crippen LogP contribution in [-0.4, -0.2) is 28.4 Å². The quantitative estimate of drug-likeness (QED) is 0.263. The third-order valence-electron chi connectivity index (χ3n) is 6.48. The summed E-state index contributed by atoms with van der Waals surface area (Å²) >= 11 is 0. The lowest BCUT2D eigenvalue weighted by atomic mass is 9.88. The molecule has 0 aliphatic carbocycles. The van der Waals surface area contributed by atoms with Gasteiger partial charge in [0.25, 0.3) is 0 Å². The Bertz CT molecular complexity index is 1340. The van der Waals surface area contributed by atoms with Crippen molar-refractivity contribution >= 4 is 10.8 Å². The van der Waals surface area contributed by atoms with Crippen molar-refractivity contribution in [2.75, 3.05) is 28.4 Å². The molecule has 6 heteroatoms. The zero-order chi connectivity index (χ0) is 22.9. The van der Waals surface area contributed by atoms with E-state index in [-0.39, 0.29) is 24.0 Å². The van der Waals surface area contributed by atoms with Crippen LogP contribution in [0.15, 0.2) is 60.8 Å². The number of methoxy groups -OCH3 is 4. The van der Waals surface area contributed by atoms with Gasteiger partial charge >= 0.3 is 0 Å². The number of ether oxygens (including phenoxy) is 4. The number of benzene rings is 3. The van der Waals surface area contributed by atoms with Gasteiger partial charge in [-0.15, -0.1) is 0 Å². The van der Waals surface area contributed by atoms with Gasteiger partial charge in [-0.2, -0.15) is 4.57 Å². The molecule has 1 aliphatic heterocycles. The van der Waals surface area contributed by atoms with Gasteiger partial charge in [-0.05, 0) is 35.4 Å². The van der Waals surface area contributed by atoms with Crippen LogP contribution in [0.25, 0.3) is 22.0 Å². The molecule has 0 N–H and O–H groups in total. The molecule has 0 saturated heterocycles. The predicted octanol–water partition coefficient (Wildman–Crippen LogP) is 1.98. The second-order valence-corrected chi connectivity index (χ2v) is 8.19. The van der Waals surface area contributed by atoms with E-state index in [4.69, 9.17) is 18.9 Å². The monoisotopic (exact) mass is 569 g/mol. The predicted molar refractivity (Wildman–Crippen MR) is 129 cm³/mol. The van der Waals surface area contributed by atoms with Crippen molar-refractivity contribution in [2.45, 2.75) is 19.4 Å². The van der Waals surface area contributed by atoms with E-state index in [0.717, 1.165) is 53.2 Å². The fraction of sp³-hybridized carbons (Fsp3) is 0.250. The highest BCUT2D eigenvalue weighted by atomic mass is 127. The first-order valence-electron chi connectivity index (χ1n) is 11.1. The van der Waals surface area contributed by atoms with E-state index in [2.05, 4.69) is 59.3 Å². The summed E-state index contributed by atoms with van der Waals surface area (Å²) < 4.78 is 25.0. The molecule has 3 aromatic carbocycles. The molecule has 4 aromatic rings. The largest absolute Gasteiger partial charge is 1.00 e. The van der Waals surface area contributed by atoms with E-state index in [1.54, 1.807) is 28.4 Å². The maximum atomic E-state index is 5.81. The second kappa shape index (κ2) is 10.1. The Morgan fingerprint density at radius 2 is 1.47 bits per heavy atom. The van der Waals surface area contributed by atoms with Gasteiger partial charge in [-0.25, -0.2) is 0 Å². The number of pyridine rings is 1. The molecule has 0 amide bonds. The number of halogens is 1. The minimum absolute atomic E-state index is 0. The third kappa shape index (κ3) is 4.04. The van der Waals surface area contributed by atoms with Crippen molar-refractivity contribution in [3.63, 3.8) is 0 Å². The summed E-state index contributed by atoms with van der Waals surface area (Å²) in [6.07, 6.45) is 3.91. The number of aromatic nitrogens is 1. The van der Waals surface area contributed by atoms with Crippen LogP contribution < -0.4 is 47.5 Å². The number of rotatable bonds is 6. The zero-order valence-corrected chi connectivity index (χ0v) is 22.0. The Balaban J connectivity index is 0.00000274. The van der Waals surface area contributed by atoms with Gasteiger partial charge < -0.3 is 42.9 Å². The molecule has 0 spiro atoms. The fourth-order valence-electron chi connectivity index (χ4n) is 4.93. The van der Waals surface area contributed by atoms with Crippen LogP contribution in [0.4, 0.5) is 0 Å². The number of nitrogens with zero attached hydrogens (tertiary/aromatic N) is 1. The molecule has 1 aromatic heterocycles. The molecular formula is C28H28INO4. The highest BCUT2D eigenvalue weighted by Gasteiger charge is 2.31. The van der Waals surface area contributed by atoms with Crippen molar-refractivity contribution in [3.05, 3.63) is 77.5 Å². The molecule has 34 heavy (non-hydrogen) atoms. The van der Waals surface area contributed by atoms with Gasteiger partial charge in [0.2, 0.25) is 5.69 Å². The first-order chi connectivity index (χ1) is 16.2. The number of hydrogen-bond acceptors (Lipinski definition) is 4. The van der Waals surface area contributed by atoms with Gasteiger partial charge in [-0.3, -0.25) is 0 Å². The van der Waals surface area contributed by atoms with Gasteiger partial charge in [0.05, 0.1) is 39.4 Å². The Kier molecular flexibility index (Phi) is 7.16. The number of aryl methyl sites for hydroxylation is 2. The molecule has 0 atom stereocenters. The highest BCUT2D eigenvalue weighted by molar-refractivity contribution is 5.95. The average Bonchev–Trinajstić information content (AvgIpc) is 2.87. The van der Waals surface area contributed by atoms with Crippen LogP contribution >= 0.6 is 0 Å². The Labute approximate surface area is 217 Å². The molecule has 1 aliphatic rings. The normalized spacial score (nSPS) is 11.8. The first kappa shape index (κ1) is 24.1. The summed E-state index contributed by atoms with van der Waals surface area (Å²) in [5.41, 5.74) is 6.17. The number of hydrogen-bond donors (Lipinski definition) is 0. The SMILES string of the molecule is COc1cc2c(cc1OC)-c1c(Cc3ccccc3)c3ccc(OC)c(OC)c3c[n+]1CC2.[I-]. The van der Waals surface area contributed by atoms with Crippen LogP contribution in [0.1, 0.15) is 16.7 Å². The van der Waals surface area contributed by atoms with Crippen molar-refractivity contribution < 1.29 is 47.5 Å². The van der Waals surface area contributed by atoms with E-state index in [1.807, 2.05) is 6.07 Å². The molecule has 0 radical (unpaired) electrons. The highest BCUT2D eigenvalue weighted by Crippen LogP contribution is 2.42. The van der Waals surface area contributed by atoms with Crippen molar-refractivity contribution in [1.29, 1.82) is 0 Å². The zero-order valence-electron chi connectivity index (χ0n) is 19.9. The third-order valence-corrected chi connectivity index (χ3v) is 6.48. The maximum Gasteiger partial charge on any atom is 0.217 e. The summed E-state index contributed by atoms with van der Waals surface area (Å²) in [4.78, 5) is 0. The van der Waals surface area contributed by atoms with E-state index >= 15 is 0 Å². The van der Waals surface area contributed by atoms with Crippen molar-refractivity contribution in [3.8, 4) is 34.3 Å². The summed E-state index contributed by atoms with van der Waals surface area (Å²) in [6, 6.07) is 18.9. The smallest absolute Gasteiger partial charge is 0.217 e. The first-order valence-corrected chi connectivity index (χ1v) is 11.1. The van der Waals surface area contributed by atoms with E-state index in [0.29, 0.717) is 0 Å². The maximum absolute atomic E-state index is 5.81. The van der Waals surface area contributed by atoms with Crippen molar-refractivity contribution in [2.24, 2.45) is 0 Å². The Hall–Kier alpha value is -3.00. The summed E-state index contributed by atoms with van der Waals surface area (Å²) in [5, 5.41) is 2.21. The molecule has 0 bridgehead atoms. The molecular weight excluding hydrogens is 541 g/mol. The summed E-state index contributed by atoms with van der Waals surface area (Å²) in [7, 11) is 6.74. The van der Waals surface area contributed by atoms with Gasteiger partial charge in [0, 0.05) is 23.8 Å². The van der Waals surface area contributed by atoms with Crippen LogP contribution in [0.2, 0.25) is 0 Å². The van der Waals surface area contributed by atoms with Gasteiger partial charge in [0.1, 0.15) is 0 Å². The van der Waals surface area contributed by atoms with Gasteiger partial charge in [0.15, 0.2) is 35.7 Å². The minimum Gasteiger partial charge on any atom is -1.00 e. The lowest BCUT2D eigenvalue weighted by molar-refractivity contribution is -0.686. The van der Waals surface area contributed by atoms with E-state index in [1.165, 1.54) is 27.9 Å². The molecule has 5 nitrogen and oxygen atoms in total. The molecule has 176 valence electrons. The van der Waals surface area contributed by atoms with Crippen LogP contribution in [0, 0.1) is 0 Å². The molecule has 0 fully saturated rings. The van der Waals surface area contributed by atoms with Crippen LogP contribution in [-0.2, 0) is 19.4 Å². The van der Waals surface area contributed by atoms with Crippen LogP contribution in [0.5, 0.6) is 23.0 Å². The average molecular weight is 569 g/mol. The fourth-order valence-corrected chi connectivity index (χ4v) is 4.93. The minimum atomic E-state index is 0. The standard InChI is InChI=1S/C28H28NO4.HI/c1-30-24-11-10-20-22(14-18-8-6-5-7-9-18)27-21-16-26(32-3)25(31-2)15-19(21)12-13-29(27)17-23(20)28(24)33-4;/h5-11,15-17H,12-14H2,1-4H3;1H/q+1;/p-1. The van der Waals surface area contributed by atoms with Crippen molar-refractivity contribution in [1.82, 2.24) is 0 Å². The summed E-state index contributed by atoms with van der Waals surface area (Å²) in [5.74, 6) is 3.00. The topological polar surface area (TPSA) is 40.8 Å². The lowest BCUT2D eigenvalue weighted by Crippen LogP contribution is -3.00. The van der Waals surface area contributed by atoms with E-state index in [9.17, 15) is 0 Å². The summed E-state index contributed by atoms with van der Waals surface area (Å²) in [6.45, 7) is 0.871. The molecule has 2 heterocycles. The molecule has 0 saturated carbocycles. The Morgan fingerprint density at radius 1 is 0.765 bits per heavy atom. The van der Waals surface area contributed by atoms with Crippen LogP contribution in [0.3, 0.4) is 0 Å². The molecule has 5 rings (SSSR count). The molecule has 0 unspecified atom stereocenters. The second-order valence-electron chi connectivity index (χ2n) is 8.19. The van der Waals surface area contributed by atoms with E-state index < -0.39 is 0 Å². The lowest BCUT2D eigenvalue weighted by Gasteiger charge is -2.22.